The Balaban J connectivity index is 1.43. The summed E-state index contributed by atoms with van der Waals surface area (Å²) in [5, 5.41) is 12.4. The molecule has 0 spiro atoms. The van der Waals surface area contributed by atoms with E-state index in [2.05, 4.69) is 15.3 Å². The maximum absolute atomic E-state index is 13.0. The number of benzene rings is 1. The number of hydrogen-bond donors (Lipinski definition) is 0. The molecule has 0 N–H and O–H groups in total. The fraction of sp³-hybridized carbons (Fsp3) is 0.381. The first-order valence-electron chi connectivity index (χ1n) is 10.0. The molecular weight excluding hydrogens is 384 g/mol. The summed E-state index contributed by atoms with van der Waals surface area (Å²) in [6, 6.07) is 12.2. The Morgan fingerprint density at radius 2 is 2.03 bits per heavy atom. The molecular formula is C21H24N6O3. The summed E-state index contributed by atoms with van der Waals surface area (Å²) in [6.07, 6.45) is 3.51. The third-order valence-electron chi connectivity index (χ3n) is 5.22. The highest BCUT2D eigenvalue weighted by Gasteiger charge is 2.28. The molecule has 0 radical (unpaired) electrons. The Morgan fingerprint density at radius 1 is 1.20 bits per heavy atom. The minimum absolute atomic E-state index is 0.139. The van der Waals surface area contributed by atoms with Crippen LogP contribution in [0.4, 0.5) is 0 Å². The van der Waals surface area contributed by atoms with Crippen molar-refractivity contribution in [1.82, 2.24) is 29.4 Å². The lowest BCUT2D eigenvalue weighted by atomic mass is 9.97. The van der Waals surface area contributed by atoms with E-state index in [9.17, 15) is 9.59 Å². The number of nitrogens with zero attached hydrogens (tertiary/aromatic N) is 6. The van der Waals surface area contributed by atoms with Gasteiger partial charge in [0, 0.05) is 32.1 Å². The lowest BCUT2D eigenvalue weighted by Gasteiger charge is -2.32. The van der Waals surface area contributed by atoms with Gasteiger partial charge < -0.3 is 14.2 Å². The van der Waals surface area contributed by atoms with Gasteiger partial charge in [-0.15, -0.1) is 10.2 Å². The number of amides is 1. The van der Waals surface area contributed by atoms with E-state index in [0.29, 0.717) is 13.1 Å². The van der Waals surface area contributed by atoms with Crippen molar-refractivity contribution in [2.45, 2.75) is 25.3 Å². The Kier molecular flexibility index (Phi) is 5.87. The maximum Gasteiger partial charge on any atom is 0.274 e. The zero-order valence-corrected chi connectivity index (χ0v) is 16.8. The summed E-state index contributed by atoms with van der Waals surface area (Å²) in [5.74, 6) is 1.56. The smallest absolute Gasteiger partial charge is 0.274 e. The number of aromatic nitrogens is 5. The molecule has 3 heterocycles. The van der Waals surface area contributed by atoms with Crippen LogP contribution in [-0.4, -0.2) is 55.0 Å². The lowest BCUT2D eigenvalue weighted by molar-refractivity contribution is 0.0694. The molecule has 0 saturated carbocycles. The number of piperidine rings is 1. The van der Waals surface area contributed by atoms with Gasteiger partial charge in [0.1, 0.15) is 30.2 Å². The molecule has 3 aromatic rings. The number of hydrogen-bond acceptors (Lipinski definition) is 6. The van der Waals surface area contributed by atoms with Crippen LogP contribution in [0.5, 0.6) is 5.75 Å². The topological polar surface area (TPSA) is 95.1 Å². The van der Waals surface area contributed by atoms with Crippen LogP contribution < -0.4 is 10.3 Å². The van der Waals surface area contributed by atoms with Crippen LogP contribution in [0.2, 0.25) is 0 Å². The van der Waals surface area contributed by atoms with Gasteiger partial charge in [-0.25, -0.2) is 4.68 Å². The van der Waals surface area contributed by atoms with Gasteiger partial charge in [0.25, 0.3) is 11.5 Å². The minimum atomic E-state index is -0.265. The fourth-order valence-electron chi connectivity index (χ4n) is 3.69. The summed E-state index contributed by atoms with van der Waals surface area (Å²) >= 11 is 0. The lowest BCUT2D eigenvalue weighted by Crippen LogP contribution is -2.41. The van der Waals surface area contributed by atoms with E-state index >= 15 is 0 Å². The van der Waals surface area contributed by atoms with Gasteiger partial charge in [-0.1, -0.05) is 18.2 Å². The molecule has 1 unspecified atom stereocenters. The second-order valence-corrected chi connectivity index (χ2v) is 7.33. The number of likely N-dealkylation sites (tertiary alicyclic amines) is 1. The Hall–Kier alpha value is -3.49. The van der Waals surface area contributed by atoms with Crippen LogP contribution in [0.25, 0.3) is 0 Å². The summed E-state index contributed by atoms with van der Waals surface area (Å²) in [5.41, 5.74) is -0.00764. The molecule has 1 saturated heterocycles. The van der Waals surface area contributed by atoms with Crippen molar-refractivity contribution >= 4 is 5.91 Å². The molecule has 0 aliphatic carbocycles. The summed E-state index contributed by atoms with van der Waals surface area (Å²) in [7, 11) is 1.91. The molecule has 30 heavy (non-hydrogen) atoms. The summed E-state index contributed by atoms with van der Waals surface area (Å²) in [6.45, 7) is 1.76. The van der Waals surface area contributed by atoms with Gasteiger partial charge in [-0.2, -0.15) is 5.10 Å². The quantitative estimate of drug-likeness (QED) is 0.613. The first-order valence-corrected chi connectivity index (χ1v) is 10.0. The zero-order valence-electron chi connectivity index (χ0n) is 16.8. The average molecular weight is 408 g/mol. The standard InChI is InChI=1S/C21H24N6O3/c1-25-15-22-23-20(25)16-6-5-11-26(14-16)21(29)18-9-10-19(28)27(24-18)12-13-30-17-7-3-2-4-8-17/h2-4,7-10,15-16H,5-6,11-14H2,1H3. The van der Waals surface area contributed by atoms with Crippen LogP contribution in [-0.2, 0) is 13.6 Å². The Labute approximate surface area is 173 Å². The van der Waals surface area contributed by atoms with Crippen molar-refractivity contribution in [1.29, 1.82) is 0 Å². The highest BCUT2D eigenvalue weighted by molar-refractivity contribution is 5.92. The Bertz CT molecular complexity index is 1060. The van der Waals surface area contributed by atoms with Crippen molar-refractivity contribution in [3.05, 3.63) is 70.7 Å². The second-order valence-electron chi connectivity index (χ2n) is 7.33. The Morgan fingerprint density at radius 3 is 2.80 bits per heavy atom. The van der Waals surface area contributed by atoms with Gasteiger partial charge in [-0.3, -0.25) is 9.59 Å². The van der Waals surface area contributed by atoms with Gasteiger partial charge in [0.15, 0.2) is 0 Å². The van der Waals surface area contributed by atoms with E-state index < -0.39 is 0 Å². The predicted molar refractivity (Wildman–Crippen MR) is 109 cm³/mol. The predicted octanol–water partition coefficient (Wildman–Crippen LogP) is 1.47. The van der Waals surface area contributed by atoms with Crippen molar-refractivity contribution in [2.75, 3.05) is 19.7 Å². The molecule has 156 valence electrons. The number of rotatable bonds is 6. The summed E-state index contributed by atoms with van der Waals surface area (Å²) < 4.78 is 8.81. The number of aryl methyl sites for hydroxylation is 1. The van der Waals surface area contributed by atoms with E-state index in [1.807, 2.05) is 41.9 Å². The van der Waals surface area contributed by atoms with Crippen LogP contribution in [0, 0.1) is 0 Å². The SMILES string of the molecule is Cn1cnnc1C1CCCN(C(=O)c2ccc(=O)n(CCOc3ccccc3)n2)C1. The van der Waals surface area contributed by atoms with Gasteiger partial charge in [0.2, 0.25) is 0 Å². The van der Waals surface area contributed by atoms with Crippen molar-refractivity contribution in [3.8, 4) is 5.75 Å². The molecule has 1 aromatic carbocycles. The van der Waals surface area contributed by atoms with E-state index in [1.165, 1.54) is 16.8 Å². The van der Waals surface area contributed by atoms with Gasteiger partial charge in [-0.05, 0) is 31.0 Å². The van der Waals surface area contributed by atoms with Crippen LogP contribution in [0.15, 0.2) is 53.6 Å². The van der Waals surface area contributed by atoms with Crippen LogP contribution in [0.3, 0.4) is 0 Å². The number of ether oxygens (including phenoxy) is 1. The highest BCUT2D eigenvalue weighted by atomic mass is 16.5. The zero-order chi connectivity index (χ0) is 20.9. The van der Waals surface area contributed by atoms with E-state index in [1.54, 1.807) is 11.2 Å². The molecule has 1 atom stereocenters. The highest BCUT2D eigenvalue weighted by Crippen LogP contribution is 2.25. The number of carbonyl (C=O) groups excluding carboxylic acids is 1. The maximum atomic E-state index is 13.0. The minimum Gasteiger partial charge on any atom is -0.492 e. The molecule has 1 aliphatic rings. The van der Waals surface area contributed by atoms with Gasteiger partial charge >= 0.3 is 0 Å². The molecule has 9 heteroatoms. The molecule has 1 amide bonds. The molecule has 4 rings (SSSR count). The van der Waals surface area contributed by atoms with Crippen molar-refractivity contribution in [3.63, 3.8) is 0 Å². The average Bonchev–Trinajstić information content (AvgIpc) is 3.21. The number of para-hydroxylation sites is 1. The van der Waals surface area contributed by atoms with E-state index in [4.69, 9.17) is 4.74 Å². The molecule has 2 aromatic heterocycles. The third kappa shape index (κ3) is 4.40. The van der Waals surface area contributed by atoms with E-state index in [0.717, 1.165) is 24.4 Å². The first-order chi connectivity index (χ1) is 14.6. The van der Waals surface area contributed by atoms with Crippen molar-refractivity contribution < 1.29 is 9.53 Å². The molecule has 9 nitrogen and oxygen atoms in total. The largest absolute Gasteiger partial charge is 0.492 e. The van der Waals surface area contributed by atoms with E-state index in [-0.39, 0.29) is 36.2 Å². The van der Waals surface area contributed by atoms with Gasteiger partial charge in [0.05, 0.1) is 6.54 Å². The second kappa shape index (κ2) is 8.89. The van der Waals surface area contributed by atoms with Crippen molar-refractivity contribution in [2.24, 2.45) is 7.05 Å². The fourth-order valence-corrected chi connectivity index (χ4v) is 3.69. The van der Waals surface area contributed by atoms with Crippen LogP contribution >= 0.6 is 0 Å². The normalized spacial score (nSPS) is 16.4. The number of carbonyl (C=O) groups is 1. The van der Waals surface area contributed by atoms with Crippen LogP contribution in [0.1, 0.15) is 35.1 Å². The monoisotopic (exact) mass is 408 g/mol. The third-order valence-corrected chi connectivity index (χ3v) is 5.22. The molecule has 1 aliphatic heterocycles. The molecule has 0 bridgehead atoms. The summed E-state index contributed by atoms with van der Waals surface area (Å²) in [4.78, 5) is 27.0. The molecule has 1 fully saturated rings. The first kappa shape index (κ1) is 19.8.